The molecule has 6 N–H and O–H groups in total. The molecule has 0 fully saturated rings. The van der Waals surface area contributed by atoms with E-state index >= 15 is 0 Å². The van der Waals surface area contributed by atoms with Crippen LogP contribution < -0.4 is 27.0 Å². The molecule has 0 aromatic heterocycles. The Hall–Kier alpha value is -6.45. The lowest BCUT2D eigenvalue weighted by atomic mass is 9.97. The lowest BCUT2D eigenvalue weighted by molar-refractivity contribution is -0.384. The molecule has 1 atom stereocenters. The van der Waals surface area contributed by atoms with Crippen molar-refractivity contribution in [2.45, 2.75) is 141 Å². The summed E-state index contributed by atoms with van der Waals surface area (Å²) in [5.41, 5.74) is 17.6. The number of nitrogens with two attached hydrogens (primary N) is 1. The number of nitrogens with one attached hydrogen (secondary N) is 4. The van der Waals surface area contributed by atoms with E-state index in [1.165, 1.54) is 57.1 Å². The minimum atomic E-state index is -0.412. The fraction of sp³-hybridized carbons (Fsp3) is 0.383. The van der Waals surface area contributed by atoms with Crippen molar-refractivity contribution in [3.8, 4) is 0 Å². The van der Waals surface area contributed by atoms with Gasteiger partial charge in [-0.25, -0.2) is 0 Å². The monoisotopic (exact) mass is 939 g/mol. The molecule has 0 saturated carbocycles. The van der Waals surface area contributed by atoms with Crippen LogP contribution >= 0.6 is 0 Å². The number of hydrogen-bond acceptors (Lipinski definition) is 8. The fourth-order valence-electron chi connectivity index (χ4n) is 6.07. The molecule has 0 heterocycles. The number of benzene rings is 6. The normalized spacial score (nSPS) is 10.7. The van der Waals surface area contributed by atoms with E-state index in [2.05, 4.69) is 182 Å². The van der Waals surface area contributed by atoms with Crippen molar-refractivity contribution in [3.05, 3.63) is 195 Å². The van der Waals surface area contributed by atoms with Crippen LogP contribution in [0.2, 0.25) is 0 Å². The van der Waals surface area contributed by atoms with Gasteiger partial charge in [0.2, 0.25) is 0 Å². The first-order chi connectivity index (χ1) is 32.5. The molecular formula is C60H86N6O3. The molecule has 0 aliphatic rings. The summed E-state index contributed by atoms with van der Waals surface area (Å²) in [7, 11) is 0. The highest BCUT2D eigenvalue weighted by molar-refractivity contribution is 5.97. The van der Waals surface area contributed by atoms with E-state index in [0.29, 0.717) is 30.1 Å². The van der Waals surface area contributed by atoms with Crippen LogP contribution in [0.15, 0.2) is 152 Å². The molecule has 0 aliphatic carbocycles. The average Bonchev–Trinajstić information content (AvgIpc) is 3.29. The zero-order chi connectivity index (χ0) is 52.1. The first-order valence-electron chi connectivity index (χ1n) is 24.4. The number of rotatable bonds is 13. The van der Waals surface area contributed by atoms with Gasteiger partial charge >= 0.3 is 0 Å². The molecule has 6 aromatic carbocycles. The number of hydrogen-bond donors (Lipinski definition) is 5. The Morgan fingerprint density at radius 2 is 0.725 bits per heavy atom. The molecule has 6 aromatic rings. The topological polar surface area (TPSA) is 134 Å². The Kier molecular flexibility index (Phi) is 29.1. The van der Waals surface area contributed by atoms with Crippen LogP contribution in [0.1, 0.15) is 127 Å². The number of anilines is 4. The number of nitrogens with zero attached hydrogens (tertiary/aromatic N) is 1. The predicted octanol–water partition coefficient (Wildman–Crippen LogP) is 16.0. The Bertz CT molecular complexity index is 2130. The summed E-state index contributed by atoms with van der Waals surface area (Å²) in [5.74, 6) is 0.638. The average molecular weight is 939 g/mol. The van der Waals surface area contributed by atoms with Gasteiger partial charge in [0.1, 0.15) is 0 Å². The number of carbonyl (C=O) groups is 1. The van der Waals surface area contributed by atoms with Gasteiger partial charge in [0.15, 0.2) is 5.78 Å². The third kappa shape index (κ3) is 28.5. The van der Waals surface area contributed by atoms with Crippen LogP contribution in [0, 0.1) is 49.6 Å². The molecule has 0 spiro atoms. The molecule has 1 unspecified atom stereocenters. The molecule has 0 radical (unpaired) electrons. The van der Waals surface area contributed by atoms with E-state index in [9.17, 15) is 14.9 Å². The van der Waals surface area contributed by atoms with Crippen molar-refractivity contribution in [3.63, 3.8) is 0 Å². The standard InChI is InChI=1S/C11H14O.C10H14N2O2.3C10H15N.C9H13N/c1-8(2)11(12)10-6-4-9(3)5-7-10;1-7(2)10(11)8-3-5-9(6-4-8)12(13)14;3*1-8(2)11-10-6-4-9(3)5-7-10;1-8(2)10-9-6-4-3-5-7-9/h4-8H,1-3H3;3-7,10H,11H2,1-2H3;3*4-8,11H,1-3H3;3-8,10H,1-2H3. The maximum atomic E-state index is 11.5. The zero-order valence-electron chi connectivity index (χ0n) is 44.7. The van der Waals surface area contributed by atoms with E-state index in [4.69, 9.17) is 5.73 Å². The van der Waals surface area contributed by atoms with Crippen molar-refractivity contribution in [2.75, 3.05) is 21.3 Å². The summed E-state index contributed by atoms with van der Waals surface area (Å²) in [5, 5.41) is 23.7. The maximum absolute atomic E-state index is 11.5. The second-order valence-corrected chi connectivity index (χ2v) is 19.2. The molecule has 9 heteroatoms. The zero-order valence-corrected chi connectivity index (χ0v) is 44.7. The Morgan fingerprint density at radius 1 is 0.435 bits per heavy atom. The largest absolute Gasteiger partial charge is 0.383 e. The summed E-state index contributed by atoms with van der Waals surface area (Å²) in [6, 6.07) is 51.6. The number of ketones is 1. The minimum Gasteiger partial charge on any atom is -0.383 e. The highest BCUT2D eigenvalue weighted by Crippen LogP contribution is 2.21. The summed E-state index contributed by atoms with van der Waals surface area (Å²) in [4.78, 5) is 21.4. The summed E-state index contributed by atoms with van der Waals surface area (Å²) < 4.78 is 0. The molecule has 0 amide bonds. The Labute approximate surface area is 417 Å². The van der Waals surface area contributed by atoms with E-state index in [1.807, 2.05) is 77.1 Å². The Balaban J connectivity index is 0.000000415. The number of nitro benzene ring substituents is 1. The van der Waals surface area contributed by atoms with Crippen molar-refractivity contribution >= 4 is 34.2 Å². The number of para-hydroxylation sites is 1. The molecule has 0 aliphatic heterocycles. The van der Waals surface area contributed by atoms with Crippen LogP contribution in [-0.2, 0) is 0 Å². The predicted molar refractivity (Wildman–Crippen MR) is 300 cm³/mol. The number of non-ortho nitro benzene ring substituents is 1. The molecular weight excluding hydrogens is 853 g/mol. The molecule has 374 valence electrons. The maximum Gasteiger partial charge on any atom is 0.269 e. The Morgan fingerprint density at radius 3 is 0.986 bits per heavy atom. The molecule has 0 bridgehead atoms. The molecule has 0 saturated heterocycles. The van der Waals surface area contributed by atoms with Gasteiger partial charge in [0.25, 0.3) is 5.69 Å². The summed E-state index contributed by atoms with van der Waals surface area (Å²) in [6.07, 6.45) is 0. The van der Waals surface area contributed by atoms with Crippen molar-refractivity contribution in [1.82, 2.24) is 0 Å². The number of carbonyl (C=O) groups excluding carboxylic acids is 1. The number of nitro groups is 1. The van der Waals surface area contributed by atoms with Gasteiger partial charge in [-0.1, -0.05) is 141 Å². The van der Waals surface area contributed by atoms with Crippen LogP contribution in [0.3, 0.4) is 0 Å². The van der Waals surface area contributed by atoms with Crippen LogP contribution in [0.25, 0.3) is 0 Å². The van der Waals surface area contributed by atoms with E-state index in [0.717, 1.165) is 11.1 Å². The lowest BCUT2D eigenvalue weighted by Gasteiger charge is -2.15. The van der Waals surface area contributed by atoms with Crippen LogP contribution in [0.4, 0.5) is 28.4 Å². The highest BCUT2D eigenvalue weighted by atomic mass is 16.6. The molecule has 6 rings (SSSR count). The molecule has 9 nitrogen and oxygen atoms in total. The third-order valence-corrected chi connectivity index (χ3v) is 9.82. The van der Waals surface area contributed by atoms with E-state index in [1.54, 1.807) is 12.1 Å². The van der Waals surface area contributed by atoms with Gasteiger partial charge < -0.3 is 27.0 Å². The second kappa shape index (κ2) is 33.1. The first kappa shape index (κ1) is 60.6. The fourth-order valence-corrected chi connectivity index (χ4v) is 6.07. The van der Waals surface area contributed by atoms with Gasteiger partial charge in [-0.3, -0.25) is 14.9 Å². The van der Waals surface area contributed by atoms with E-state index in [-0.39, 0.29) is 23.4 Å². The van der Waals surface area contributed by atoms with Crippen LogP contribution in [-0.4, -0.2) is 34.9 Å². The number of Topliss-reactive ketones (excluding diaryl/α,β-unsaturated/α-hetero) is 1. The summed E-state index contributed by atoms with van der Waals surface area (Å²) >= 11 is 0. The van der Waals surface area contributed by atoms with Crippen molar-refractivity contribution in [2.24, 2.45) is 17.6 Å². The van der Waals surface area contributed by atoms with Gasteiger partial charge in [-0.2, -0.15) is 0 Å². The quantitative estimate of drug-likeness (QED) is 0.0439. The minimum absolute atomic E-state index is 0.0594. The van der Waals surface area contributed by atoms with Gasteiger partial charge in [0.05, 0.1) is 4.92 Å². The summed E-state index contributed by atoms with van der Waals surface area (Å²) in [6.45, 7) is 33.3. The van der Waals surface area contributed by atoms with Gasteiger partial charge in [0, 0.05) is 76.6 Å². The van der Waals surface area contributed by atoms with E-state index < -0.39 is 4.92 Å². The van der Waals surface area contributed by atoms with Crippen LogP contribution in [0.5, 0.6) is 0 Å². The first-order valence-corrected chi connectivity index (χ1v) is 24.4. The van der Waals surface area contributed by atoms with Crippen molar-refractivity contribution < 1.29 is 9.72 Å². The molecule has 69 heavy (non-hydrogen) atoms. The van der Waals surface area contributed by atoms with Gasteiger partial charge in [-0.15, -0.1) is 0 Å². The lowest BCUT2D eigenvalue weighted by Crippen LogP contribution is -2.16. The SMILES string of the molecule is CC(C)C(N)c1ccc([N+](=O)[O-])cc1.CC(C)Nc1ccccc1.Cc1ccc(C(=O)C(C)C)cc1.Cc1ccc(NC(C)C)cc1.Cc1ccc(NC(C)C)cc1.Cc1ccc(NC(C)C)cc1. The smallest absolute Gasteiger partial charge is 0.269 e. The number of aryl methyl sites for hydroxylation is 4. The van der Waals surface area contributed by atoms with Crippen molar-refractivity contribution in [1.29, 1.82) is 0 Å². The van der Waals surface area contributed by atoms with Gasteiger partial charge in [-0.05, 0) is 143 Å². The second-order valence-electron chi connectivity index (χ2n) is 19.2. The third-order valence-electron chi connectivity index (χ3n) is 9.82. The highest BCUT2D eigenvalue weighted by Gasteiger charge is 2.12.